The van der Waals surface area contributed by atoms with Crippen LogP contribution in [-0.4, -0.2) is 36.0 Å². The largest absolute Gasteiger partial charge is 0.454 e. The van der Waals surface area contributed by atoms with E-state index in [1.54, 1.807) is 32.9 Å². The molecular weight excluding hydrogens is 358 g/mol. The molecule has 0 heterocycles. The van der Waals surface area contributed by atoms with Crippen molar-refractivity contribution in [2.75, 3.05) is 6.61 Å². The maximum absolute atomic E-state index is 12.5. The fourth-order valence-corrected chi connectivity index (χ4v) is 2.40. The van der Waals surface area contributed by atoms with Crippen LogP contribution < -0.4 is 10.6 Å². The maximum atomic E-state index is 12.5. The first kappa shape index (κ1) is 23.2. The molecule has 0 fully saturated rings. The van der Waals surface area contributed by atoms with Crippen LogP contribution in [0.25, 0.3) is 0 Å². The molecular formula is C21H29N3O4. The second-order valence-corrected chi connectivity index (χ2v) is 7.63. The average Bonchev–Trinajstić information content (AvgIpc) is 2.63. The van der Waals surface area contributed by atoms with Crippen LogP contribution in [-0.2, 0) is 14.3 Å². The lowest BCUT2D eigenvalue weighted by Crippen LogP contribution is -2.51. The maximum Gasteiger partial charge on any atom is 0.329 e. The van der Waals surface area contributed by atoms with Gasteiger partial charge in [0.15, 0.2) is 6.61 Å². The van der Waals surface area contributed by atoms with Gasteiger partial charge in [-0.15, -0.1) is 0 Å². The molecule has 0 saturated carbocycles. The third-order valence-corrected chi connectivity index (χ3v) is 4.73. The normalized spacial score (nSPS) is 14.0. The van der Waals surface area contributed by atoms with Crippen LogP contribution in [0.2, 0.25) is 0 Å². The van der Waals surface area contributed by atoms with Gasteiger partial charge in [-0.3, -0.25) is 9.59 Å². The lowest BCUT2D eigenvalue weighted by molar-refractivity contribution is -0.151. The van der Waals surface area contributed by atoms with E-state index >= 15 is 0 Å². The number of nitrogens with zero attached hydrogens (tertiary/aromatic N) is 1. The Morgan fingerprint density at radius 3 is 2.29 bits per heavy atom. The first-order chi connectivity index (χ1) is 13.0. The second kappa shape index (κ2) is 9.88. The minimum atomic E-state index is -1.06. The number of carbonyl (C=O) groups excluding carboxylic acids is 3. The number of benzene rings is 1. The summed E-state index contributed by atoms with van der Waals surface area (Å²) in [7, 11) is 0. The smallest absolute Gasteiger partial charge is 0.329 e. The standard InChI is InChI=1S/C21H29N3O4/c1-13(2)18(23-19(26)16-10-8-7-9-15(16)5)20(27)28-11-17(25)24-21(6,12-22)14(3)4/h7-10,13-14,18H,11H2,1-6H3,(H,23,26)(H,24,25)/t18-,21+/m0/s1. The van der Waals surface area contributed by atoms with Crippen LogP contribution in [0.4, 0.5) is 0 Å². The van der Waals surface area contributed by atoms with E-state index in [0.29, 0.717) is 5.56 Å². The number of esters is 1. The van der Waals surface area contributed by atoms with Crippen LogP contribution in [0.3, 0.4) is 0 Å². The molecule has 0 aliphatic rings. The molecule has 1 rings (SSSR count). The zero-order valence-electron chi connectivity index (χ0n) is 17.3. The summed E-state index contributed by atoms with van der Waals surface area (Å²) in [6, 6.07) is 8.22. The Balaban J connectivity index is 2.73. The summed E-state index contributed by atoms with van der Waals surface area (Å²) in [6.07, 6.45) is 0. The molecule has 0 radical (unpaired) electrons. The van der Waals surface area contributed by atoms with Gasteiger partial charge in [0.25, 0.3) is 11.8 Å². The molecule has 0 aliphatic heterocycles. The highest BCUT2D eigenvalue weighted by Gasteiger charge is 2.31. The third kappa shape index (κ3) is 6.08. The van der Waals surface area contributed by atoms with Gasteiger partial charge in [0.1, 0.15) is 11.6 Å². The molecule has 0 unspecified atom stereocenters. The Bertz CT molecular complexity index is 767. The van der Waals surface area contributed by atoms with Crippen LogP contribution in [0, 0.1) is 30.1 Å². The van der Waals surface area contributed by atoms with Crippen molar-refractivity contribution in [3.8, 4) is 6.07 Å². The van der Waals surface area contributed by atoms with E-state index in [2.05, 4.69) is 16.7 Å². The van der Waals surface area contributed by atoms with Crippen LogP contribution >= 0.6 is 0 Å². The predicted molar refractivity (Wildman–Crippen MR) is 105 cm³/mol. The van der Waals surface area contributed by atoms with E-state index in [9.17, 15) is 19.6 Å². The fourth-order valence-electron chi connectivity index (χ4n) is 2.40. The molecule has 0 spiro atoms. The van der Waals surface area contributed by atoms with Crippen molar-refractivity contribution in [1.29, 1.82) is 5.26 Å². The monoisotopic (exact) mass is 387 g/mol. The SMILES string of the molecule is Cc1ccccc1C(=O)N[C@H](C(=O)OCC(=O)N[C@](C)(C#N)C(C)C)C(C)C. The van der Waals surface area contributed by atoms with Gasteiger partial charge in [-0.25, -0.2) is 4.79 Å². The summed E-state index contributed by atoms with van der Waals surface area (Å²) in [5.41, 5.74) is 0.208. The molecule has 152 valence electrons. The quantitative estimate of drug-likeness (QED) is 0.666. The molecule has 28 heavy (non-hydrogen) atoms. The number of hydrogen-bond acceptors (Lipinski definition) is 5. The Kier molecular flexibility index (Phi) is 8.17. The molecule has 0 saturated heterocycles. The number of amides is 2. The van der Waals surface area contributed by atoms with E-state index in [0.717, 1.165) is 5.56 Å². The van der Waals surface area contributed by atoms with Gasteiger partial charge in [0.05, 0.1) is 6.07 Å². The van der Waals surface area contributed by atoms with Crippen molar-refractivity contribution in [2.45, 2.75) is 53.1 Å². The van der Waals surface area contributed by atoms with Gasteiger partial charge in [-0.05, 0) is 37.3 Å². The first-order valence-corrected chi connectivity index (χ1v) is 9.27. The van der Waals surface area contributed by atoms with E-state index in [1.807, 2.05) is 32.9 Å². The van der Waals surface area contributed by atoms with Crippen LogP contribution in [0.1, 0.15) is 50.5 Å². The van der Waals surface area contributed by atoms with Crippen molar-refractivity contribution in [2.24, 2.45) is 11.8 Å². The lowest BCUT2D eigenvalue weighted by Gasteiger charge is -2.27. The molecule has 2 amide bonds. The number of nitrogens with one attached hydrogen (secondary N) is 2. The summed E-state index contributed by atoms with van der Waals surface area (Å²) in [4.78, 5) is 37.0. The van der Waals surface area contributed by atoms with Crippen LogP contribution in [0.15, 0.2) is 24.3 Å². The van der Waals surface area contributed by atoms with Gasteiger partial charge < -0.3 is 15.4 Å². The summed E-state index contributed by atoms with van der Waals surface area (Å²) in [6.45, 7) is 10.1. The molecule has 2 atom stereocenters. The molecule has 0 aromatic heterocycles. The molecule has 0 bridgehead atoms. The summed E-state index contributed by atoms with van der Waals surface area (Å²) < 4.78 is 5.09. The van der Waals surface area contributed by atoms with Crippen molar-refractivity contribution in [3.05, 3.63) is 35.4 Å². The molecule has 7 heteroatoms. The van der Waals surface area contributed by atoms with Crippen molar-refractivity contribution in [3.63, 3.8) is 0 Å². The number of ether oxygens (including phenoxy) is 1. The van der Waals surface area contributed by atoms with Crippen molar-refractivity contribution >= 4 is 17.8 Å². The predicted octanol–water partition coefficient (Wildman–Crippen LogP) is 2.35. The summed E-state index contributed by atoms with van der Waals surface area (Å²) in [5, 5.41) is 14.5. The van der Waals surface area contributed by atoms with Crippen molar-refractivity contribution in [1.82, 2.24) is 10.6 Å². The number of aryl methyl sites for hydroxylation is 1. The van der Waals surface area contributed by atoms with Gasteiger partial charge in [0, 0.05) is 5.56 Å². The number of rotatable bonds is 8. The minimum absolute atomic E-state index is 0.117. The van der Waals surface area contributed by atoms with E-state index in [-0.39, 0.29) is 17.7 Å². The lowest BCUT2D eigenvalue weighted by atomic mass is 9.90. The molecule has 7 nitrogen and oxygen atoms in total. The highest BCUT2D eigenvalue weighted by atomic mass is 16.5. The van der Waals surface area contributed by atoms with Gasteiger partial charge in [0.2, 0.25) is 0 Å². The molecule has 2 N–H and O–H groups in total. The van der Waals surface area contributed by atoms with E-state index < -0.39 is 30.1 Å². The van der Waals surface area contributed by atoms with Gasteiger partial charge in [-0.1, -0.05) is 45.9 Å². The first-order valence-electron chi connectivity index (χ1n) is 9.27. The number of hydrogen-bond donors (Lipinski definition) is 2. The summed E-state index contributed by atoms with van der Waals surface area (Å²) in [5.74, 6) is -2.00. The average molecular weight is 387 g/mol. The van der Waals surface area contributed by atoms with Crippen molar-refractivity contribution < 1.29 is 19.1 Å². The Hall–Kier alpha value is -2.88. The van der Waals surface area contributed by atoms with Gasteiger partial charge in [-0.2, -0.15) is 5.26 Å². The Morgan fingerprint density at radius 2 is 1.79 bits per heavy atom. The van der Waals surface area contributed by atoms with E-state index in [4.69, 9.17) is 4.74 Å². The Morgan fingerprint density at radius 1 is 1.18 bits per heavy atom. The highest BCUT2D eigenvalue weighted by Crippen LogP contribution is 2.15. The number of carbonyl (C=O) groups is 3. The highest BCUT2D eigenvalue weighted by molar-refractivity contribution is 5.98. The molecule has 0 aliphatic carbocycles. The zero-order valence-corrected chi connectivity index (χ0v) is 17.3. The minimum Gasteiger partial charge on any atom is -0.454 e. The molecule has 1 aromatic rings. The van der Waals surface area contributed by atoms with E-state index in [1.165, 1.54) is 0 Å². The number of nitriles is 1. The molecule has 1 aromatic carbocycles. The second-order valence-electron chi connectivity index (χ2n) is 7.63. The summed E-state index contributed by atoms with van der Waals surface area (Å²) >= 11 is 0. The Labute approximate surface area is 166 Å². The van der Waals surface area contributed by atoms with Gasteiger partial charge >= 0.3 is 5.97 Å². The topological polar surface area (TPSA) is 108 Å². The van der Waals surface area contributed by atoms with Crippen LogP contribution in [0.5, 0.6) is 0 Å². The third-order valence-electron chi connectivity index (χ3n) is 4.73. The zero-order chi connectivity index (χ0) is 21.5. The fraction of sp³-hybridized carbons (Fsp3) is 0.524.